The molecule has 0 spiro atoms. The first kappa shape index (κ1) is 18.5. The quantitative estimate of drug-likeness (QED) is 0.541. The van der Waals surface area contributed by atoms with Crippen LogP contribution in [-0.4, -0.2) is 30.2 Å². The zero-order valence-corrected chi connectivity index (χ0v) is 15.7. The van der Waals surface area contributed by atoms with E-state index in [-0.39, 0.29) is 0 Å². The highest BCUT2D eigenvalue weighted by Crippen LogP contribution is 2.32. The lowest BCUT2D eigenvalue weighted by Gasteiger charge is -2.12. The highest BCUT2D eigenvalue weighted by molar-refractivity contribution is 6.43. The summed E-state index contributed by atoms with van der Waals surface area (Å²) in [7, 11) is 1.65. The molecule has 0 amide bonds. The Hall–Kier alpha value is -2.34. The number of nitrogens with one attached hydrogen (secondary N) is 2. The van der Waals surface area contributed by atoms with Gasteiger partial charge in [0.2, 0.25) is 5.95 Å². The summed E-state index contributed by atoms with van der Waals surface area (Å²) in [5.41, 5.74) is 2.46. The van der Waals surface area contributed by atoms with Crippen LogP contribution in [0.2, 0.25) is 10.0 Å². The highest BCUT2D eigenvalue weighted by atomic mass is 35.5. The fourth-order valence-electron chi connectivity index (χ4n) is 2.35. The van der Waals surface area contributed by atoms with E-state index >= 15 is 0 Å². The number of aromatic nitrogens is 2. The molecular formula is C19H18Cl2N4O. The molecular weight excluding hydrogens is 371 g/mol. The molecule has 134 valence electrons. The van der Waals surface area contributed by atoms with Crippen molar-refractivity contribution in [2.45, 2.75) is 0 Å². The normalized spacial score (nSPS) is 10.6. The molecule has 3 rings (SSSR count). The number of methoxy groups -OCH3 is 1. The van der Waals surface area contributed by atoms with Crippen molar-refractivity contribution in [3.8, 4) is 11.3 Å². The van der Waals surface area contributed by atoms with E-state index in [2.05, 4.69) is 20.6 Å². The Morgan fingerprint density at radius 3 is 2.58 bits per heavy atom. The maximum atomic E-state index is 6.27. The van der Waals surface area contributed by atoms with Gasteiger partial charge in [-0.1, -0.05) is 59.6 Å². The van der Waals surface area contributed by atoms with Crippen LogP contribution in [0.4, 0.5) is 17.5 Å². The molecule has 0 aliphatic heterocycles. The second-order valence-electron chi connectivity index (χ2n) is 5.47. The van der Waals surface area contributed by atoms with Gasteiger partial charge in [-0.3, -0.25) is 0 Å². The molecule has 2 aromatic carbocycles. The van der Waals surface area contributed by atoms with E-state index in [9.17, 15) is 0 Å². The zero-order valence-electron chi connectivity index (χ0n) is 14.2. The predicted molar refractivity (Wildman–Crippen MR) is 108 cm³/mol. The summed E-state index contributed by atoms with van der Waals surface area (Å²) < 4.78 is 5.07. The largest absolute Gasteiger partial charge is 0.383 e. The summed E-state index contributed by atoms with van der Waals surface area (Å²) in [5, 5.41) is 7.30. The van der Waals surface area contributed by atoms with Crippen LogP contribution < -0.4 is 10.6 Å². The van der Waals surface area contributed by atoms with Crippen molar-refractivity contribution in [1.82, 2.24) is 9.97 Å². The topological polar surface area (TPSA) is 59.1 Å². The number of anilines is 3. The molecule has 3 aromatic rings. The van der Waals surface area contributed by atoms with Crippen molar-refractivity contribution in [3.63, 3.8) is 0 Å². The fourth-order valence-corrected chi connectivity index (χ4v) is 2.70. The van der Waals surface area contributed by atoms with Crippen LogP contribution in [0.15, 0.2) is 54.6 Å². The Balaban J connectivity index is 1.95. The summed E-state index contributed by atoms with van der Waals surface area (Å²) >= 11 is 12.4. The molecule has 26 heavy (non-hydrogen) atoms. The van der Waals surface area contributed by atoms with Crippen LogP contribution in [0, 0.1) is 0 Å². The van der Waals surface area contributed by atoms with Crippen molar-refractivity contribution in [3.05, 3.63) is 64.6 Å². The van der Waals surface area contributed by atoms with E-state index in [1.165, 1.54) is 0 Å². The summed E-state index contributed by atoms with van der Waals surface area (Å²) in [5.74, 6) is 1.12. The van der Waals surface area contributed by atoms with Gasteiger partial charge in [0.15, 0.2) is 0 Å². The van der Waals surface area contributed by atoms with Crippen LogP contribution in [0.25, 0.3) is 11.3 Å². The van der Waals surface area contributed by atoms with Gasteiger partial charge in [0.05, 0.1) is 28.0 Å². The molecule has 0 radical (unpaired) electrons. The molecule has 0 aliphatic rings. The van der Waals surface area contributed by atoms with Gasteiger partial charge in [-0.15, -0.1) is 0 Å². The van der Waals surface area contributed by atoms with Crippen LogP contribution in [0.3, 0.4) is 0 Å². The lowest BCUT2D eigenvalue weighted by Crippen LogP contribution is -2.11. The van der Waals surface area contributed by atoms with Crippen molar-refractivity contribution in [2.24, 2.45) is 0 Å². The molecule has 1 heterocycles. The third-order valence-electron chi connectivity index (χ3n) is 3.60. The number of hydrogen-bond donors (Lipinski definition) is 2. The summed E-state index contributed by atoms with van der Waals surface area (Å²) in [6, 6.07) is 17.2. The van der Waals surface area contributed by atoms with E-state index in [1.807, 2.05) is 48.5 Å². The minimum atomic E-state index is 0.447. The molecule has 0 unspecified atom stereocenters. The molecule has 7 heteroatoms. The Morgan fingerprint density at radius 1 is 1.00 bits per heavy atom. The number of halogens is 2. The Kier molecular flexibility index (Phi) is 6.28. The third-order valence-corrected chi connectivity index (χ3v) is 4.42. The van der Waals surface area contributed by atoms with Gasteiger partial charge in [0.25, 0.3) is 0 Å². The summed E-state index contributed by atoms with van der Waals surface area (Å²) in [6.45, 7) is 1.16. The number of ether oxygens (including phenoxy) is 1. The molecule has 1 aromatic heterocycles. The van der Waals surface area contributed by atoms with E-state index in [0.29, 0.717) is 40.7 Å². The number of hydrogen-bond acceptors (Lipinski definition) is 5. The van der Waals surface area contributed by atoms with Gasteiger partial charge < -0.3 is 15.4 Å². The van der Waals surface area contributed by atoms with Gasteiger partial charge in [-0.25, -0.2) is 4.98 Å². The van der Waals surface area contributed by atoms with Crippen molar-refractivity contribution in [2.75, 3.05) is 30.9 Å². The van der Waals surface area contributed by atoms with Gasteiger partial charge in [-0.05, 0) is 12.1 Å². The molecule has 0 bridgehead atoms. The lowest BCUT2D eigenvalue weighted by atomic mass is 10.1. The average molecular weight is 389 g/mol. The first-order chi connectivity index (χ1) is 12.7. The minimum Gasteiger partial charge on any atom is -0.383 e. The van der Waals surface area contributed by atoms with E-state index in [0.717, 1.165) is 11.3 Å². The SMILES string of the molecule is COCCNc1nc(Nc2cccc(Cl)c2Cl)cc(-c2ccccc2)n1. The molecule has 0 fully saturated rings. The first-order valence-electron chi connectivity index (χ1n) is 8.05. The van der Waals surface area contributed by atoms with E-state index < -0.39 is 0 Å². The average Bonchev–Trinajstić information content (AvgIpc) is 2.66. The third kappa shape index (κ3) is 4.64. The van der Waals surface area contributed by atoms with Crippen LogP contribution in [-0.2, 0) is 4.74 Å². The van der Waals surface area contributed by atoms with E-state index in [4.69, 9.17) is 27.9 Å². The second kappa shape index (κ2) is 8.85. The lowest BCUT2D eigenvalue weighted by molar-refractivity contribution is 0.210. The summed E-state index contributed by atoms with van der Waals surface area (Å²) in [4.78, 5) is 9.09. The summed E-state index contributed by atoms with van der Waals surface area (Å²) in [6.07, 6.45) is 0. The van der Waals surface area contributed by atoms with Crippen LogP contribution in [0.5, 0.6) is 0 Å². The maximum Gasteiger partial charge on any atom is 0.225 e. The highest BCUT2D eigenvalue weighted by Gasteiger charge is 2.10. The molecule has 0 aliphatic carbocycles. The fraction of sp³-hybridized carbons (Fsp3) is 0.158. The molecule has 0 atom stereocenters. The van der Waals surface area contributed by atoms with Gasteiger partial charge in [-0.2, -0.15) is 4.98 Å². The molecule has 0 saturated heterocycles. The Morgan fingerprint density at radius 2 is 1.81 bits per heavy atom. The Bertz CT molecular complexity index is 875. The Labute approximate surface area is 162 Å². The van der Waals surface area contributed by atoms with Crippen molar-refractivity contribution >= 4 is 40.7 Å². The minimum absolute atomic E-state index is 0.447. The van der Waals surface area contributed by atoms with Crippen LogP contribution >= 0.6 is 23.2 Å². The molecule has 5 nitrogen and oxygen atoms in total. The van der Waals surface area contributed by atoms with Crippen molar-refractivity contribution < 1.29 is 4.74 Å². The zero-order chi connectivity index (χ0) is 18.4. The molecule has 0 saturated carbocycles. The second-order valence-corrected chi connectivity index (χ2v) is 6.26. The van der Waals surface area contributed by atoms with Crippen molar-refractivity contribution in [1.29, 1.82) is 0 Å². The predicted octanol–water partition coefficient (Wildman–Crippen LogP) is 5.25. The van der Waals surface area contributed by atoms with E-state index in [1.54, 1.807) is 13.2 Å². The van der Waals surface area contributed by atoms with Gasteiger partial charge in [0, 0.05) is 25.3 Å². The smallest absolute Gasteiger partial charge is 0.225 e. The number of rotatable bonds is 7. The van der Waals surface area contributed by atoms with Gasteiger partial charge >= 0.3 is 0 Å². The maximum absolute atomic E-state index is 6.27. The van der Waals surface area contributed by atoms with Gasteiger partial charge in [0.1, 0.15) is 5.82 Å². The number of nitrogens with zero attached hydrogens (tertiary/aromatic N) is 2. The molecule has 2 N–H and O–H groups in total. The first-order valence-corrected chi connectivity index (χ1v) is 8.81. The standard InChI is InChI=1S/C19H18Cl2N4O/c1-26-11-10-22-19-24-16(13-6-3-2-4-7-13)12-17(25-19)23-15-9-5-8-14(20)18(15)21/h2-9,12H,10-11H2,1H3,(H2,22,23,24,25). The monoisotopic (exact) mass is 388 g/mol. The number of benzene rings is 2. The van der Waals surface area contributed by atoms with Crippen LogP contribution in [0.1, 0.15) is 0 Å².